The van der Waals surface area contributed by atoms with E-state index in [1.807, 2.05) is 14.1 Å². The third-order valence-corrected chi connectivity index (χ3v) is 3.92. The summed E-state index contributed by atoms with van der Waals surface area (Å²) in [5.41, 5.74) is 2.26. The van der Waals surface area contributed by atoms with Crippen LogP contribution in [0.4, 0.5) is 11.7 Å². The van der Waals surface area contributed by atoms with Gasteiger partial charge in [0.2, 0.25) is 5.91 Å². The molecule has 1 atom stereocenters. The second kappa shape index (κ2) is 9.03. The molecule has 0 radical (unpaired) electrons. The number of carbonyl (C=O) groups is 2. The van der Waals surface area contributed by atoms with E-state index in [0.717, 1.165) is 0 Å². The van der Waals surface area contributed by atoms with Gasteiger partial charge in [0.05, 0.1) is 0 Å². The summed E-state index contributed by atoms with van der Waals surface area (Å²) in [4.78, 5) is 29.8. The molecule has 1 N–H and O–H groups in total. The maximum Gasteiger partial charge on any atom is 1.00 e. The molecule has 0 aliphatic heterocycles. The molecule has 0 aliphatic rings. The average Bonchev–Trinajstić information content (AvgIpc) is 3.04. The minimum absolute atomic E-state index is 0. The molecule has 0 bridgehead atoms. The van der Waals surface area contributed by atoms with Crippen LogP contribution in [-0.2, 0) is 9.59 Å². The van der Waals surface area contributed by atoms with Gasteiger partial charge >= 0.3 is 29.6 Å². The molecule has 3 rings (SSSR count). The largest absolute Gasteiger partial charge is 1.00 e. The number of aliphatic carboxylic acids is 1. The van der Waals surface area contributed by atoms with E-state index < -0.39 is 17.8 Å². The summed E-state index contributed by atoms with van der Waals surface area (Å²) in [6.07, 6.45) is -0.216. The van der Waals surface area contributed by atoms with Crippen molar-refractivity contribution in [3.8, 4) is 0 Å². The molecule has 8 heteroatoms. The first-order valence-corrected chi connectivity index (χ1v) is 8.07. The maximum absolute atomic E-state index is 12.3. The van der Waals surface area contributed by atoms with E-state index >= 15 is 0 Å². The minimum atomic E-state index is -1.28. The topological polar surface area (TPSA) is 98.5 Å². The van der Waals surface area contributed by atoms with Gasteiger partial charge in [0.1, 0.15) is 5.52 Å². The average molecular weight is 375 g/mol. The molecular weight excluding hydrogens is 357 g/mol. The first-order valence-electron chi connectivity index (χ1n) is 8.07. The fourth-order valence-electron chi connectivity index (χ4n) is 2.60. The number of anilines is 2. The SMILES string of the molecule is CN(C)c1nc2cc(NC(=O)CC(C(=O)[O-])c3ccccc3)ccc2o1.[Na+]. The number of hydrogen-bond donors (Lipinski definition) is 1. The summed E-state index contributed by atoms with van der Waals surface area (Å²) < 4.78 is 5.56. The summed E-state index contributed by atoms with van der Waals surface area (Å²) in [6.45, 7) is 0. The monoisotopic (exact) mass is 375 g/mol. The molecule has 1 aromatic heterocycles. The molecule has 0 fully saturated rings. The first kappa shape index (κ1) is 21.0. The van der Waals surface area contributed by atoms with Crippen LogP contribution < -0.4 is 44.9 Å². The normalized spacial score (nSPS) is 11.5. The van der Waals surface area contributed by atoms with Crippen molar-refractivity contribution in [2.75, 3.05) is 24.3 Å². The van der Waals surface area contributed by atoms with Gasteiger partial charge in [-0.15, -0.1) is 0 Å². The Kier molecular flexibility index (Phi) is 7.01. The summed E-state index contributed by atoms with van der Waals surface area (Å²) in [7, 11) is 3.63. The second-order valence-corrected chi connectivity index (χ2v) is 6.11. The molecule has 2 aromatic carbocycles. The molecular formula is C19H18N3NaO4. The Morgan fingerprint density at radius 3 is 2.52 bits per heavy atom. The zero-order valence-electron chi connectivity index (χ0n) is 15.4. The van der Waals surface area contributed by atoms with Gasteiger partial charge in [-0.2, -0.15) is 4.98 Å². The number of rotatable bonds is 6. The van der Waals surface area contributed by atoms with Gasteiger partial charge in [-0.25, -0.2) is 0 Å². The minimum Gasteiger partial charge on any atom is -0.549 e. The summed E-state index contributed by atoms with van der Waals surface area (Å²) in [5, 5.41) is 14.1. The van der Waals surface area contributed by atoms with Crippen molar-refractivity contribution >= 4 is 34.7 Å². The predicted molar refractivity (Wildman–Crippen MR) is 95.8 cm³/mol. The van der Waals surface area contributed by atoms with Crippen LogP contribution in [-0.4, -0.2) is 31.0 Å². The Labute approximate surface area is 178 Å². The molecule has 0 saturated heterocycles. The van der Waals surface area contributed by atoms with Crippen molar-refractivity contribution < 1.29 is 48.7 Å². The van der Waals surface area contributed by atoms with Crippen molar-refractivity contribution in [1.82, 2.24) is 4.98 Å². The fraction of sp³-hybridized carbons (Fsp3) is 0.211. The van der Waals surface area contributed by atoms with E-state index in [1.54, 1.807) is 53.4 Å². The number of oxazole rings is 1. The summed E-state index contributed by atoms with van der Waals surface area (Å²) in [6, 6.07) is 14.1. The molecule has 1 heterocycles. The van der Waals surface area contributed by atoms with Gasteiger partial charge in [0.15, 0.2) is 5.58 Å². The van der Waals surface area contributed by atoms with E-state index in [1.165, 1.54) is 0 Å². The molecule has 0 aliphatic carbocycles. The first-order chi connectivity index (χ1) is 12.4. The number of amides is 1. The van der Waals surface area contributed by atoms with Crippen molar-refractivity contribution in [3.05, 3.63) is 54.1 Å². The zero-order valence-corrected chi connectivity index (χ0v) is 17.4. The van der Waals surface area contributed by atoms with Crippen molar-refractivity contribution in [2.45, 2.75) is 12.3 Å². The van der Waals surface area contributed by atoms with Crippen molar-refractivity contribution in [2.24, 2.45) is 0 Å². The second-order valence-electron chi connectivity index (χ2n) is 6.11. The molecule has 134 valence electrons. The van der Waals surface area contributed by atoms with Crippen LogP contribution in [0.15, 0.2) is 52.9 Å². The number of aromatic nitrogens is 1. The number of carboxylic acid groups (broad SMARTS) is 1. The van der Waals surface area contributed by atoms with Gasteiger partial charge in [-0.3, -0.25) is 4.79 Å². The van der Waals surface area contributed by atoms with Crippen LogP contribution in [0.3, 0.4) is 0 Å². The summed E-state index contributed by atoms with van der Waals surface area (Å²) >= 11 is 0. The van der Waals surface area contributed by atoms with E-state index in [-0.39, 0.29) is 36.0 Å². The fourth-order valence-corrected chi connectivity index (χ4v) is 2.60. The van der Waals surface area contributed by atoms with Crippen LogP contribution in [0, 0.1) is 0 Å². The summed E-state index contributed by atoms with van der Waals surface area (Å²) in [5.74, 6) is -2.71. The molecule has 3 aromatic rings. The maximum atomic E-state index is 12.3. The smallest absolute Gasteiger partial charge is 0.549 e. The van der Waals surface area contributed by atoms with Gasteiger partial charge in [-0.05, 0) is 23.8 Å². The predicted octanol–water partition coefficient (Wildman–Crippen LogP) is -1.24. The van der Waals surface area contributed by atoms with Crippen molar-refractivity contribution in [1.29, 1.82) is 0 Å². The van der Waals surface area contributed by atoms with Gasteiger partial charge < -0.3 is 24.5 Å². The molecule has 27 heavy (non-hydrogen) atoms. The van der Waals surface area contributed by atoms with E-state index in [2.05, 4.69) is 10.3 Å². The van der Waals surface area contributed by atoms with Crippen molar-refractivity contribution in [3.63, 3.8) is 0 Å². The number of benzene rings is 2. The number of nitrogens with zero attached hydrogens (tertiary/aromatic N) is 2. The molecule has 1 unspecified atom stereocenters. The van der Waals surface area contributed by atoms with Crippen LogP contribution in [0.2, 0.25) is 0 Å². The Balaban J connectivity index is 0.00000261. The molecule has 1 amide bonds. The van der Waals surface area contributed by atoms with E-state index in [9.17, 15) is 14.7 Å². The van der Waals surface area contributed by atoms with Crippen LogP contribution in [0.1, 0.15) is 17.9 Å². The molecule has 7 nitrogen and oxygen atoms in total. The third-order valence-electron chi connectivity index (χ3n) is 3.92. The number of hydrogen-bond acceptors (Lipinski definition) is 6. The van der Waals surface area contributed by atoms with Gasteiger partial charge in [-0.1, -0.05) is 30.3 Å². The molecule has 0 spiro atoms. The molecule has 0 saturated carbocycles. The van der Waals surface area contributed by atoms with Crippen LogP contribution >= 0.6 is 0 Å². The number of carboxylic acids is 1. The van der Waals surface area contributed by atoms with Crippen LogP contribution in [0.25, 0.3) is 11.1 Å². The Hall–Kier alpha value is -2.35. The Morgan fingerprint density at radius 1 is 1.19 bits per heavy atom. The number of nitrogens with one attached hydrogen (secondary N) is 1. The Bertz CT molecular complexity index is 941. The number of carbonyl (C=O) groups excluding carboxylic acids is 2. The van der Waals surface area contributed by atoms with Gasteiger partial charge in [0, 0.05) is 38.1 Å². The third kappa shape index (κ3) is 5.09. The van der Waals surface area contributed by atoms with Gasteiger partial charge in [0.25, 0.3) is 6.01 Å². The number of fused-ring (bicyclic) bond motifs is 1. The van der Waals surface area contributed by atoms with Crippen LogP contribution in [0.5, 0.6) is 0 Å². The Morgan fingerprint density at radius 2 is 1.89 bits per heavy atom. The van der Waals surface area contributed by atoms with E-state index in [4.69, 9.17) is 4.42 Å². The zero-order chi connectivity index (χ0) is 18.7. The van der Waals surface area contributed by atoms with E-state index in [0.29, 0.717) is 28.4 Å². The standard InChI is InChI=1S/C19H19N3O4.Na/c1-22(2)19-21-15-10-13(8-9-16(15)26-19)20-17(23)11-14(18(24)25)12-6-4-3-5-7-12;/h3-10,14H,11H2,1-2H3,(H,20,23)(H,24,25);/q;+1/p-1. The quantitative estimate of drug-likeness (QED) is 0.541.